The second-order valence-corrected chi connectivity index (χ2v) is 3.59. The van der Waals surface area contributed by atoms with Gasteiger partial charge in [-0.05, 0) is 23.8 Å². The monoisotopic (exact) mass is 132 g/mol. The van der Waals surface area contributed by atoms with Gasteiger partial charge in [-0.2, -0.15) is 11.8 Å². The molecule has 0 heterocycles. The molecule has 0 spiro atoms. The Morgan fingerprint density at radius 1 is 1.25 bits per heavy atom. The first-order valence-electron chi connectivity index (χ1n) is 3.17. The summed E-state index contributed by atoms with van der Waals surface area (Å²) in [5.74, 6) is 3.03. The van der Waals surface area contributed by atoms with Crippen LogP contribution in [0, 0.1) is 11.8 Å². The van der Waals surface area contributed by atoms with Gasteiger partial charge in [0.2, 0.25) is 0 Å². The molecular formula is C7H16S. The highest BCUT2D eigenvalue weighted by molar-refractivity contribution is 7.98. The molecule has 8 heavy (non-hydrogen) atoms. The zero-order valence-corrected chi connectivity index (χ0v) is 7.09. The standard InChI is InChI=1S/C7H16S/c1-6(2)7(3)5-8-4/h6-7H,5H2,1-4H3/t7-/m1/s1. The molecule has 0 aromatic rings. The number of hydrogen-bond acceptors (Lipinski definition) is 1. The van der Waals surface area contributed by atoms with Crippen LogP contribution in [-0.2, 0) is 0 Å². The molecule has 0 aliphatic heterocycles. The number of rotatable bonds is 3. The van der Waals surface area contributed by atoms with Crippen molar-refractivity contribution in [3.05, 3.63) is 0 Å². The highest BCUT2D eigenvalue weighted by Gasteiger charge is 2.03. The van der Waals surface area contributed by atoms with Crippen molar-refractivity contribution >= 4 is 11.8 Å². The van der Waals surface area contributed by atoms with E-state index in [0.717, 1.165) is 11.8 Å². The molecule has 0 N–H and O–H groups in total. The molecule has 0 aliphatic rings. The van der Waals surface area contributed by atoms with E-state index in [1.54, 1.807) is 0 Å². The minimum atomic E-state index is 0.849. The summed E-state index contributed by atoms with van der Waals surface area (Å²) >= 11 is 1.94. The molecular weight excluding hydrogens is 116 g/mol. The zero-order valence-electron chi connectivity index (χ0n) is 6.27. The molecule has 1 atom stereocenters. The molecule has 50 valence electrons. The van der Waals surface area contributed by atoms with Crippen LogP contribution >= 0.6 is 11.8 Å². The van der Waals surface area contributed by atoms with Gasteiger partial charge in [0, 0.05) is 0 Å². The fourth-order valence-electron chi connectivity index (χ4n) is 0.455. The van der Waals surface area contributed by atoms with Gasteiger partial charge >= 0.3 is 0 Å². The molecule has 0 bridgehead atoms. The quantitative estimate of drug-likeness (QED) is 0.569. The maximum Gasteiger partial charge on any atom is -0.00421 e. The molecule has 0 amide bonds. The first kappa shape index (κ1) is 8.35. The van der Waals surface area contributed by atoms with Crippen LogP contribution in [0.5, 0.6) is 0 Å². The lowest BCUT2D eigenvalue weighted by Gasteiger charge is -2.12. The average Bonchev–Trinajstić information content (AvgIpc) is 1.67. The third kappa shape index (κ3) is 3.36. The maximum absolute atomic E-state index is 2.31. The fourth-order valence-corrected chi connectivity index (χ4v) is 1.37. The molecule has 1 heteroatoms. The summed E-state index contributed by atoms with van der Waals surface area (Å²) in [6.45, 7) is 6.86. The molecule has 0 nitrogen and oxygen atoms in total. The van der Waals surface area contributed by atoms with Crippen LogP contribution in [0.15, 0.2) is 0 Å². The Labute approximate surface area is 57.1 Å². The molecule has 0 unspecified atom stereocenters. The Bertz CT molecular complexity index is 50.3. The van der Waals surface area contributed by atoms with Crippen LogP contribution < -0.4 is 0 Å². The molecule has 0 fully saturated rings. The Kier molecular flexibility index (Phi) is 4.44. The molecule has 0 rings (SSSR count). The van der Waals surface area contributed by atoms with Gasteiger partial charge in [-0.3, -0.25) is 0 Å². The Balaban J connectivity index is 3.17. The van der Waals surface area contributed by atoms with E-state index >= 15 is 0 Å². The van der Waals surface area contributed by atoms with Gasteiger partial charge in [0.15, 0.2) is 0 Å². The van der Waals surface area contributed by atoms with Crippen LogP contribution in [0.1, 0.15) is 20.8 Å². The molecule has 0 saturated heterocycles. The first-order valence-corrected chi connectivity index (χ1v) is 4.56. The van der Waals surface area contributed by atoms with Gasteiger partial charge in [-0.25, -0.2) is 0 Å². The maximum atomic E-state index is 2.31. The topological polar surface area (TPSA) is 0 Å². The molecule has 0 aliphatic carbocycles. The Morgan fingerprint density at radius 2 is 1.75 bits per heavy atom. The SMILES string of the molecule is CSC[C@@H](C)C(C)C. The third-order valence-electron chi connectivity index (χ3n) is 1.57. The Hall–Kier alpha value is 0.350. The van der Waals surface area contributed by atoms with Crippen molar-refractivity contribution in [2.75, 3.05) is 12.0 Å². The molecule has 0 aromatic carbocycles. The third-order valence-corrected chi connectivity index (χ3v) is 2.43. The summed E-state index contributed by atoms with van der Waals surface area (Å²) in [4.78, 5) is 0. The smallest absolute Gasteiger partial charge is 0.00421 e. The van der Waals surface area contributed by atoms with Crippen LogP contribution in [0.25, 0.3) is 0 Å². The minimum absolute atomic E-state index is 0.849. The summed E-state index contributed by atoms with van der Waals surface area (Å²) in [7, 11) is 0. The van der Waals surface area contributed by atoms with E-state index in [1.807, 2.05) is 11.8 Å². The van der Waals surface area contributed by atoms with Crippen molar-refractivity contribution < 1.29 is 0 Å². The minimum Gasteiger partial charge on any atom is -0.165 e. The average molecular weight is 132 g/mol. The van der Waals surface area contributed by atoms with Crippen molar-refractivity contribution in [1.82, 2.24) is 0 Å². The lowest BCUT2D eigenvalue weighted by atomic mass is 10.0. The predicted octanol–water partition coefficient (Wildman–Crippen LogP) is 2.64. The van der Waals surface area contributed by atoms with E-state index in [2.05, 4.69) is 27.0 Å². The van der Waals surface area contributed by atoms with Gasteiger partial charge in [-0.15, -0.1) is 0 Å². The van der Waals surface area contributed by atoms with E-state index in [1.165, 1.54) is 5.75 Å². The van der Waals surface area contributed by atoms with Crippen LogP contribution in [0.3, 0.4) is 0 Å². The summed E-state index contributed by atoms with van der Waals surface area (Å²) in [5.41, 5.74) is 0. The van der Waals surface area contributed by atoms with Gasteiger partial charge in [0.1, 0.15) is 0 Å². The van der Waals surface area contributed by atoms with E-state index in [9.17, 15) is 0 Å². The van der Waals surface area contributed by atoms with Gasteiger partial charge < -0.3 is 0 Å². The lowest BCUT2D eigenvalue weighted by Crippen LogP contribution is -2.05. The lowest BCUT2D eigenvalue weighted by molar-refractivity contribution is 0.465. The van der Waals surface area contributed by atoms with Crippen molar-refractivity contribution in [3.8, 4) is 0 Å². The summed E-state index contributed by atoms with van der Waals surface area (Å²) in [6, 6.07) is 0. The van der Waals surface area contributed by atoms with Crippen molar-refractivity contribution in [2.45, 2.75) is 20.8 Å². The van der Waals surface area contributed by atoms with E-state index < -0.39 is 0 Å². The molecule has 0 aromatic heterocycles. The van der Waals surface area contributed by atoms with E-state index in [4.69, 9.17) is 0 Å². The first-order chi connectivity index (χ1) is 3.68. The van der Waals surface area contributed by atoms with Crippen molar-refractivity contribution in [2.24, 2.45) is 11.8 Å². The second-order valence-electron chi connectivity index (χ2n) is 2.68. The van der Waals surface area contributed by atoms with Gasteiger partial charge in [-0.1, -0.05) is 20.8 Å². The Morgan fingerprint density at radius 3 is 1.88 bits per heavy atom. The summed E-state index contributed by atoms with van der Waals surface area (Å²) in [5, 5.41) is 0. The van der Waals surface area contributed by atoms with E-state index in [-0.39, 0.29) is 0 Å². The highest BCUT2D eigenvalue weighted by Crippen LogP contribution is 2.13. The highest BCUT2D eigenvalue weighted by atomic mass is 32.2. The number of thioether (sulfide) groups is 1. The predicted molar refractivity (Wildman–Crippen MR) is 42.4 cm³/mol. The largest absolute Gasteiger partial charge is 0.165 e. The zero-order chi connectivity index (χ0) is 6.57. The van der Waals surface area contributed by atoms with Gasteiger partial charge in [0.25, 0.3) is 0 Å². The van der Waals surface area contributed by atoms with Crippen molar-refractivity contribution in [1.29, 1.82) is 0 Å². The van der Waals surface area contributed by atoms with Crippen molar-refractivity contribution in [3.63, 3.8) is 0 Å². The summed E-state index contributed by atoms with van der Waals surface area (Å²) in [6.07, 6.45) is 2.17. The van der Waals surface area contributed by atoms with E-state index in [0.29, 0.717) is 0 Å². The van der Waals surface area contributed by atoms with Crippen LogP contribution in [0.2, 0.25) is 0 Å². The second kappa shape index (κ2) is 4.25. The van der Waals surface area contributed by atoms with Crippen LogP contribution in [0.4, 0.5) is 0 Å². The molecule has 0 saturated carbocycles. The summed E-state index contributed by atoms with van der Waals surface area (Å²) < 4.78 is 0. The molecule has 0 radical (unpaired) electrons. The number of hydrogen-bond donors (Lipinski definition) is 0. The normalized spacial score (nSPS) is 14.6. The van der Waals surface area contributed by atoms with Gasteiger partial charge in [0.05, 0.1) is 0 Å². The van der Waals surface area contributed by atoms with Crippen LogP contribution in [-0.4, -0.2) is 12.0 Å². The fraction of sp³-hybridized carbons (Fsp3) is 1.00.